The Kier molecular flexibility index (Phi) is 4.67. The zero-order chi connectivity index (χ0) is 22.6. The van der Waals surface area contributed by atoms with Crippen molar-refractivity contribution >= 4 is 23.2 Å². The highest BCUT2D eigenvalue weighted by Gasteiger charge is 2.51. The topological polar surface area (TPSA) is 69.5 Å². The summed E-state index contributed by atoms with van der Waals surface area (Å²) < 4.78 is 15.2. The van der Waals surface area contributed by atoms with E-state index in [0.29, 0.717) is 29.4 Å². The Morgan fingerprint density at radius 3 is 2.62 bits per heavy atom. The van der Waals surface area contributed by atoms with Crippen molar-refractivity contribution in [1.82, 2.24) is 24.6 Å². The molecule has 0 aliphatic carbocycles. The molecule has 32 heavy (non-hydrogen) atoms. The number of hydrogen-bond donors (Lipinski definition) is 1. The van der Waals surface area contributed by atoms with Crippen LogP contribution < -0.4 is 10.2 Å². The van der Waals surface area contributed by atoms with E-state index < -0.39 is 0 Å². The number of anilines is 3. The first-order valence-electron chi connectivity index (χ1n) is 10.6. The van der Waals surface area contributed by atoms with E-state index in [9.17, 15) is 9.18 Å². The summed E-state index contributed by atoms with van der Waals surface area (Å²) in [5.74, 6) is 0.817. The molecule has 5 rings (SSSR count). The van der Waals surface area contributed by atoms with E-state index in [-0.39, 0.29) is 23.6 Å². The number of halogens is 1. The van der Waals surface area contributed by atoms with Crippen molar-refractivity contribution in [1.29, 1.82) is 0 Å². The quantitative estimate of drug-likeness (QED) is 0.679. The van der Waals surface area contributed by atoms with E-state index in [2.05, 4.69) is 33.9 Å². The number of benzene rings is 1. The Bertz CT molecular complexity index is 1160. The fraction of sp³-hybridized carbons (Fsp3) is 0.348. The summed E-state index contributed by atoms with van der Waals surface area (Å²) in [6, 6.07) is 9.92. The first-order chi connectivity index (χ1) is 15.3. The summed E-state index contributed by atoms with van der Waals surface area (Å²) in [7, 11) is 3.85. The number of carbonyl (C=O) groups is 1. The first kappa shape index (κ1) is 20.4. The van der Waals surface area contributed by atoms with Gasteiger partial charge in [-0.1, -0.05) is 6.07 Å². The van der Waals surface area contributed by atoms with Gasteiger partial charge in [-0.2, -0.15) is 5.10 Å². The van der Waals surface area contributed by atoms with Crippen LogP contribution in [-0.4, -0.2) is 62.9 Å². The second-order valence-corrected chi connectivity index (χ2v) is 9.01. The molecule has 2 aromatic heterocycles. The van der Waals surface area contributed by atoms with Crippen LogP contribution in [0.4, 0.5) is 21.7 Å². The third kappa shape index (κ3) is 3.20. The molecule has 2 aliphatic heterocycles. The van der Waals surface area contributed by atoms with E-state index in [4.69, 9.17) is 5.10 Å². The number of amides is 1. The van der Waals surface area contributed by atoms with Crippen LogP contribution in [0.3, 0.4) is 0 Å². The molecule has 1 atom stereocenters. The molecule has 1 saturated heterocycles. The number of likely N-dealkylation sites (N-methyl/N-ethyl adjacent to an activating group) is 1. The summed E-state index contributed by atoms with van der Waals surface area (Å²) >= 11 is 0. The van der Waals surface area contributed by atoms with Gasteiger partial charge in [-0.25, -0.2) is 9.07 Å². The SMILES string of the molecule is CN1C(=O)c2c(nn(Cc3cccnc3)c2Nc2ccc(F)cc2)N2CC(C)(C)N(C)C12. The highest BCUT2D eigenvalue weighted by Crippen LogP contribution is 2.42. The lowest BCUT2D eigenvalue weighted by molar-refractivity contribution is 0.0421. The molecule has 4 heterocycles. The van der Waals surface area contributed by atoms with Gasteiger partial charge >= 0.3 is 0 Å². The number of hydrogen-bond acceptors (Lipinski definition) is 6. The second kappa shape index (κ2) is 7.30. The van der Waals surface area contributed by atoms with Crippen LogP contribution in [0.25, 0.3) is 0 Å². The number of nitrogens with zero attached hydrogens (tertiary/aromatic N) is 6. The monoisotopic (exact) mass is 435 g/mol. The largest absolute Gasteiger partial charge is 0.340 e. The molecule has 1 N–H and O–H groups in total. The molecule has 1 amide bonds. The number of rotatable bonds is 4. The summed E-state index contributed by atoms with van der Waals surface area (Å²) in [6.07, 6.45) is 3.30. The summed E-state index contributed by atoms with van der Waals surface area (Å²) in [5.41, 5.74) is 2.03. The molecule has 166 valence electrons. The second-order valence-electron chi connectivity index (χ2n) is 9.01. The number of fused-ring (bicyclic) bond motifs is 3. The van der Waals surface area contributed by atoms with E-state index in [1.807, 2.05) is 26.2 Å². The van der Waals surface area contributed by atoms with Crippen LogP contribution in [0.1, 0.15) is 29.8 Å². The number of aromatic nitrogens is 3. The number of pyridine rings is 1. The Morgan fingerprint density at radius 1 is 1.19 bits per heavy atom. The molecule has 1 aromatic carbocycles. The molecule has 3 aromatic rings. The minimum absolute atomic E-state index is 0.104. The first-order valence-corrected chi connectivity index (χ1v) is 10.6. The van der Waals surface area contributed by atoms with E-state index in [0.717, 1.165) is 12.1 Å². The molecule has 0 spiro atoms. The van der Waals surface area contributed by atoms with Crippen LogP contribution in [-0.2, 0) is 6.54 Å². The van der Waals surface area contributed by atoms with Gasteiger partial charge in [0, 0.05) is 37.2 Å². The molecule has 0 radical (unpaired) electrons. The van der Waals surface area contributed by atoms with E-state index in [1.165, 1.54) is 12.1 Å². The van der Waals surface area contributed by atoms with Gasteiger partial charge in [-0.15, -0.1) is 0 Å². The van der Waals surface area contributed by atoms with Crippen LogP contribution in [0.2, 0.25) is 0 Å². The van der Waals surface area contributed by atoms with Gasteiger partial charge < -0.3 is 15.1 Å². The van der Waals surface area contributed by atoms with Gasteiger partial charge in [0.05, 0.1) is 6.54 Å². The van der Waals surface area contributed by atoms with Crippen molar-refractivity contribution in [2.75, 3.05) is 30.9 Å². The Hall–Kier alpha value is -3.46. The van der Waals surface area contributed by atoms with Gasteiger partial charge in [-0.3, -0.25) is 14.7 Å². The van der Waals surface area contributed by atoms with Crippen LogP contribution in [0.5, 0.6) is 0 Å². The highest BCUT2D eigenvalue weighted by molar-refractivity contribution is 6.06. The minimum Gasteiger partial charge on any atom is -0.340 e. The summed E-state index contributed by atoms with van der Waals surface area (Å²) in [4.78, 5) is 23.9. The van der Waals surface area contributed by atoms with E-state index in [1.54, 1.807) is 34.1 Å². The molecular weight excluding hydrogens is 409 g/mol. The maximum Gasteiger partial charge on any atom is 0.263 e. The van der Waals surface area contributed by atoms with Gasteiger partial charge in [0.25, 0.3) is 5.91 Å². The van der Waals surface area contributed by atoms with Gasteiger partial charge in [0.1, 0.15) is 17.2 Å². The maximum atomic E-state index is 13.6. The molecular formula is C23H26FN7O. The summed E-state index contributed by atoms with van der Waals surface area (Å²) in [6.45, 7) is 5.50. The smallest absolute Gasteiger partial charge is 0.263 e. The van der Waals surface area contributed by atoms with Crippen molar-refractivity contribution in [2.45, 2.75) is 32.2 Å². The lowest BCUT2D eigenvalue weighted by Crippen LogP contribution is -2.56. The molecule has 0 bridgehead atoms. The predicted molar refractivity (Wildman–Crippen MR) is 120 cm³/mol. The fourth-order valence-electron chi connectivity index (χ4n) is 4.49. The van der Waals surface area contributed by atoms with Crippen LogP contribution >= 0.6 is 0 Å². The number of nitrogens with one attached hydrogen (secondary N) is 1. The van der Waals surface area contributed by atoms with Gasteiger partial charge in [0.15, 0.2) is 12.1 Å². The standard InChI is InChI=1S/C23H26FN7O/c1-23(2)14-30-20-18(21(32)28(3)22(30)29(23)4)19(26-17-9-7-16(24)8-10-17)31(27-20)13-15-6-5-11-25-12-15/h5-12,22,26H,13-14H2,1-4H3. The normalized spacial score (nSPS) is 19.8. The minimum atomic E-state index is -0.317. The van der Waals surface area contributed by atoms with Crippen molar-refractivity contribution in [3.05, 3.63) is 65.7 Å². The Balaban J connectivity index is 1.64. The van der Waals surface area contributed by atoms with Crippen molar-refractivity contribution in [3.8, 4) is 0 Å². The van der Waals surface area contributed by atoms with Crippen molar-refractivity contribution in [2.24, 2.45) is 0 Å². The third-order valence-corrected chi connectivity index (χ3v) is 6.39. The van der Waals surface area contributed by atoms with Crippen LogP contribution in [0.15, 0.2) is 48.8 Å². The number of carbonyl (C=O) groups excluding carboxylic acids is 1. The lowest BCUT2D eigenvalue weighted by Gasteiger charge is -2.40. The molecule has 0 saturated carbocycles. The van der Waals surface area contributed by atoms with Gasteiger partial charge in [0.2, 0.25) is 0 Å². The fourth-order valence-corrected chi connectivity index (χ4v) is 4.49. The zero-order valence-corrected chi connectivity index (χ0v) is 18.6. The molecule has 9 heteroatoms. The van der Waals surface area contributed by atoms with Gasteiger partial charge in [-0.05, 0) is 56.8 Å². The Morgan fingerprint density at radius 2 is 1.94 bits per heavy atom. The zero-order valence-electron chi connectivity index (χ0n) is 18.6. The lowest BCUT2D eigenvalue weighted by atomic mass is 10.1. The highest BCUT2D eigenvalue weighted by atomic mass is 19.1. The molecule has 2 aliphatic rings. The molecule has 1 fully saturated rings. The van der Waals surface area contributed by atoms with Crippen molar-refractivity contribution in [3.63, 3.8) is 0 Å². The van der Waals surface area contributed by atoms with E-state index >= 15 is 0 Å². The third-order valence-electron chi connectivity index (χ3n) is 6.39. The van der Waals surface area contributed by atoms with Crippen molar-refractivity contribution < 1.29 is 9.18 Å². The molecule has 1 unspecified atom stereocenters. The summed E-state index contributed by atoms with van der Waals surface area (Å²) in [5, 5.41) is 8.21. The average Bonchev–Trinajstić information content (AvgIpc) is 3.23. The Labute approximate surface area is 186 Å². The maximum absolute atomic E-state index is 13.6. The van der Waals surface area contributed by atoms with Crippen LogP contribution in [0, 0.1) is 5.82 Å². The predicted octanol–water partition coefficient (Wildman–Crippen LogP) is 3.11. The molecule has 8 nitrogen and oxygen atoms in total. The average molecular weight is 436 g/mol.